The summed E-state index contributed by atoms with van der Waals surface area (Å²) in [6.45, 7) is 3.50. The molecule has 0 aromatic carbocycles. The van der Waals surface area contributed by atoms with Crippen LogP contribution in [0.25, 0.3) is 0 Å². The molecule has 1 aromatic rings. The summed E-state index contributed by atoms with van der Waals surface area (Å²) in [5, 5.41) is 0.133. The summed E-state index contributed by atoms with van der Waals surface area (Å²) < 4.78 is 5.07. The summed E-state index contributed by atoms with van der Waals surface area (Å²) in [6, 6.07) is 1.94. The zero-order valence-corrected chi connectivity index (χ0v) is 11.1. The molecule has 0 radical (unpaired) electrons. The van der Waals surface area contributed by atoms with Gasteiger partial charge in [0.15, 0.2) is 5.12 Å². The van der Waals surface area contributed by atoms with E-state index in [1.165, 1.54) is 11.8 Å². The van der Waals surface area contributed by atoms with Crippen LogP contribution in [0.4, 0.5) is 0 Å². The first-order valence-corrected chi connectivity index (χ1v) is 6.25. The number of hydrogen-bond acceptors (Lipinski definition) is 4. The Balaban J connectivity index is 2.54. The number of methoxy groups -OCH3 is 1. The van der Waals surface area contributed by atoms with Gasteiger partial charge in [0.25, 0.3) is 0 Å². The van der Waals surface area contributed by atoms with Gasteiger partial charge in [0.2, 0.25) is 5.88 Å². The van der Waals surface area contributed by atoms with Gasteiger partial charge in [0, 0.05) is 36.4 Å². The summed E-state index contributed by atoms with van der Waals surface area (Å²) in [6.07, 6.45) is 2.40. The van der Waals surface area contributed by atoms with Crippen molar-refractivity contribution >= 4 is 16.9 Å². The summed E-state index contributed by atoms with van der Waals surface area (Å²) in [5.74, 6) is 7.40. The molecule has 0 fully saturated rings. The van der Waals surface area contributed by atoms with Gasteiger partial charge < -0.3 is 4.74 Å². The van der Waals surface area contributed by atoms with Crippen molar-refractivity contribution in [3.63, 3.8) is 0 Å². The van der Waals surface area contributed by atoms with E-state index in [9.17, 15) is 4.79 Å². The monoisotopic (exact) mass is 249 g/mol. The molecule has 1 rings (SSSR count). The predicted octanol–water partition coefficient (Wildman–Crippen LogP) is 2.42. The molecule has 0 bridgehead atoms. The molecule has 90 valence electrons. The Morgan fingerprint density at radius 1 is 1.59 bits per heavy atom. The van der Waals surface area contributed by atoms with Crippen LogP contribution in [0, 0.1) is 18.8 Å². The molecule has 17 heavy (non-hydrogen) atoms. The Morgan fingerprint density at radius 2 is 2.35 bits per heavy atom. The first-order chi connectivity index (χ1) is 8.13. The van der Waals surface area contributed by atoms with Crippen LogP contribution in [0.2, 0.25) is 0 Å². The van der Waals surface area contributed by atoms with Crippen molar-refractivity contribution in [2.45, 2.75) is 20.3 Å². The zero-order chi connectivity index (χ0) is 12.7. The van der Waals surface area contributed by atoms with E-state index in [-0.39, 0.29) is 5.12 Å². The second kappa shape index (κ2) is 6.97. The predicted molar refractivity (Wildman–Crippen MR) is 70.2 cm³/mol. The van der Waals surface area contributed by atoms with Crippen LogP contribution >= 0.6 is 11.8 Å². The standard InChI is InChI=1S/C13H15NO2S/c1-10-8-12(9-14-13(10)16-3)6-4-5-7-17-11(2)15/h8-9H,5,7H2,1-3H3. The fourth-order valence-corrected chi connectivity index (χ4v) is 1.75. The minimum Gasteiger partial charge on any atom is -0.481 e. The average Bonchev–Trinajstić information content (AvgIpc) is 2.28. The molecule has 0 N–H and O–H groups in total. The highest BCUT2D eigenvalue weighted by Crippen LogP contribution is 2.13. The van der Waals surface area contributed by atoms with Crippen LogP contribution in [0.5, 0.6) is 5.88 Å². The summed E-state index contributed by atoms with van der Waals surface area (Å²) in [5.41, 5.74) is 1.84. The first kappa shape index (κ1) is 13.6. The van der Waals surface area contributed by atoms with Gasteiger partial charge in [0.1, 0.15) is 0 Å². The van der Waals surface area contributed by atoms with Crippen molar-refractivity contribution in [2.75, 3.05) is 12.9 Å². The number of aryl methyl sites for hydroxylation is 1. The second-order valence-corrected chi connectivity index (χ2v) is 4.71. The minimum atomic E-state index is 0.133. The summed E-state index contributed by atoms with van der Waals surface area (Å²) >= 11 is 1.30. The lowest BCUT2D eigenvalue weighted by Crippen LogP contribution is -1.91. The molecule has 0 unspecified atom stereocenters. The number of hydrogen-bond donors (Lipinski definition) is 0. The molecule has 0 aliphatic carbocycles. The van der Waals surface area contributed by atoms with E-state index in [0.717, 1.165) is 16.9 Å². The molecule has 0 amide bonds. The van der Waals surface area contributed by atoms with Gasteiger partial charge in [-0.05, 0) is 13.0 Å². The van der Waals surface area contributed by atoms with E-state index in [4.69, 9.17) is 4.74 Å². The van der Waals surface area contributed by atoms with E-state index in [1.807, 2.05) is 13.0 Å². The number of carbonyl (C=O) groups is 1. The van der Waals surface area contributed by atoms with Crippen molar-refractivity contribution < 1.29 is 9.53 Å². The highest BCUT2D eigenvalue weighted by atomic mass is 32.2. The van der Waals surface area contributed by atoms with Crippen LogP contribution in [0.15, 0.2) is 12.3 Å². The Kier molecular flexibility index (Phi) is 5.58. The third kappa shape index (κ3) is 4.92. The highest BCUT2D eigenvalue weighted by Gasteiger charge is 1.98. The largest absolute Gasteiger partial charge is 0.481 e. The lowest BCUT2D eigenvalue weighted by atomic mass is 10.2. The van der Waals surface area contributed by atoms with Crippen LogP contribution in [0.3, 0.4) is 0 Å². The smallest absolute Gasteiger partial charge is 0.215 e. The quantitative estimate of drug-likeness (QED) is 0.609. The van der Waals surface area contributed by atoms with Gasteiger partial charge in [-0.1, -0.05) is 23.6 Å². The Hall–Kier alpha value is -1.47. The molecule has 0 spiro atoms. The van der Waals surface area contributed by atoms with Gasteiger partial charge in [-0.25, -0.2) is 4.98 Å². The van der Waals surface area contributed by atoms with Gasteiger partial charge in [-0.3, -0.25) is 4.79 Å². The lowest BCUT2D eigenvalue weighted by molar-refractivity contribution is -0.109. The van der Waals surface area contributed by atoms with E-state index >= 15 is 0 Å². The molecule has 4 heteroatoms. The number of ether oxygens (including phenoxy) is 1. The number of thioether (sulfide) groups is 1. The van der Waals surface area contributed by atoms with Crippen molar-refractivity contribution in [1.29, 1.82) is 0 Å². The van der Waals surface area contributed by atoms with E-state index in [0.29, 0.717) is 12.3 Å². The highest BCUT2D eigenvalue weighted by molar-refractivity contribution is 8.13. The SMILES string of the molecule is COc1ncc(C#CCCSC(C)=O)cc1C. The Labute approximate surface area is 106 Å². The van der Waals surface area contributed by atoms with Crippen molar-refractivity contribution in [3.05, 3.63) is 23.4 Å². The average molecular weight is 249 g/mol. The number of aromatic nitrogens is 1. The number of nitrogens with zero attached hydrogens (tertiary/aromatic N) is 1. The molecule has 0 atom stereocenters. The van der Waals surface area contributed by atoms with Crippen molar-refractivity contribution in [2.24, 2.45) is 0 Å². The normalized spacial score (nSPS) is 9.35. The first-order valence-electron chi connectivity index (χ1n) is 5.26. The number of pyridine rings is 1. The Bertz CT molecular complexity index is 460. The van der Waals surface area contributed by atoms with Gasteiger partial charge in [0.05, 0.1) is 7.11 Å². The van der Waals surface area contributed by atoms with E-state index < -0.39 is 0 Å². The van der Waals surface area contributed by atoms with Crippen LogP contribution in [-0.2, 0) is 4.79 Å². The second-order valence-electron chi connectivity index (χ2n) is 3.44. The maximum atomic E-state index is 10.7. The van der Waals surface area contributed by atoms with Crippen LogP contribution < -0.4 is 4.74 Å². The molecule has 0 saturated carbocycles. The lowest BCUT2D eigenvalue weighted by Gasteiger charge is -2.01. The molecule has 1 aromatic heterocycles. The van der Waals surface area contributed by atoms with Crippen LogP contribution in [-0.4, -0.2) is 23.0 Å². The molecular formula is C13H15NO2S. The number of rotatable bonds is 3. The van der Waals surface area contributed by atoms with Crippen LogP contribution in [0.1, 0.15) is 24.5 Å². The van der Waals surface area contributed by atoms with E-state index in [2.05, 4.69) is 16.8 Å². The van der Waals surface area contributed by atoms with Gasteiger partial charge >= 0.3 is 0 Å². The van der Waals surface area contributed by atoms with Gasteiger partial charge in [-0.15, -0.1) is 0 Å². The Morgan fingerprint density at radius 3 is 2.94 bits per heavy atom. The summed E-state index contributed by atoms with van der Waals surface area (Å²) in [4.78, 5) is 14.8. The van der Waals surface area contributed by atoms with Gasteiger partial charge in [-0.2, -0.15) is 0 Å². The maximum absolute atomic E-state index is 10.7. The molecule has 3 nitrogen and oxygen atoms in total. The summed E-state index contributed by atoms with van der Waals surface area (Å²) in [7, 11) is 1.60. The topological polar surface area (TPSA) is 39.2 Å². The fourth-order valence-electron chi connectivity index (χ4n) is 1.25. The molecule has 0 saturated heterocycles. The third-order valence-corrected chi connectivity index (χ3v) is 2.80. The molecule has 0 aliphatic rings. The van der Waals surface area contributed by atoms with Crippen molar-refractivity contribution in [1.82, 2.24) is 4.98 Å². The third-order valence-electron chi connectivity index (χ3n) is 1.99. The zero-order valence-electron chi connectivity index (χ0n) is 10.2. The van der Waals surface area contributed by atoms with E-state index in [1.54, 1.807) is 20.2 Å². The minimum absolute atomic E-state index is 0.133. The molecular weight excluding hydrogens is 234 g/mol. The fraction of sp³-hybridized carbons (Fsp3) is 0.385. The molecule has 1 heterocycles. The van der Waals surface area contributed by atoms with Crippen molar-refractivity contribution in [3.8, 4) is 17.7 Å². The molecule has 0 aliphatic heterocycles. The maximum Gasteiger partial charge on any atom is 0.215 e. The number of carbonyl (C=O) groups excluding carboxylic acids is 1.